The van der Waals surface area contributed by atoms with Crippen molar-refractivity contribution in [2.24, 2.45) is 0 Å². The lowest BCUT2D eigenvalue weighted by Crippen LogP contribution is -2.32. The van der Waals surface area contributed by atoms with Crippen LogP contribution in [0.5, 0.6) is 5.75 Å². The number of hydrogen-bond donors (Lipinski definition) is 1. The van der Waals surface area contributed by atoms with Gasteiger partial charge >= 0.3 is 0 Å². The molecular weight excluding hydrogens is 412 g/mol. The van der Waals surface area contributed by atoms with Crippen molar-refractivity contribution in [3.63, 3.8) is 0 Å². The van der Waals surface area contributed by atoms with Crippen molar-refractivity contribution in [1.29, 1.82) is 0 Å². The molecule has 5 heteroatoms. The summed E-state index contributed by atoms with van der Waals surface area (Å²) in [7, 11) is 0. The Bertz CT molecular complexity index is 1220. The van der Waals surface area contributed by atoms with E-state index in [9.17, 15) is 9.59 Å². The third kappa shape index (κ3) is 4.67. The van der Waals surface area contributed by atoms with Crippen LogP contribution in [0.3, 0.4) is 0 Å². The maximum absolute atomic E-state index is 13.6. The lowest BCUT2D eigenvalue weighted by Gasteiger charge is -2.17. The Morgan fingerprint density at radius 1 is 0.818 bits per heavy atom. The smallest absolute Gasteiger partial charge is 0.282 e. The van der Waals surface area contributed by atoms with E-state index in [0.717, 1.165) is 23.1 Å². The summed E-state index contributed by atoms with van der Waals surface area (Å²) in [5.74, 6) is -0.00234. The van der Waals surface area contributed by atoms with E-state index < -0.39 is 0 Å². The van der Waals surface area contributed by atoms with Gasteiger partial charge in [0.05, 0.1) is 17.9 Å². The molecule has 0 saturated carbocycles. The van der Waals surface area contributed by atoms with Gasteiger partial charge in [0.1, 0.15) is 11.4 Å². The molecule has 0 bridgehead atoms. The highest BCUT2D eigenvalue weighted by molar-refractivity contribution is 6.46. The van der Waals surface area contributed by atoms with Crippen LogP contribution < -0.4 is 15.0 Å². The summed E-state index contributed by atoms with van der Waals surface area (Å²) in [6, 6.07) is 20.8. The zero-order chi connectivity index (χ0) is 23.5. The molecule has 0 saturated heterocycles. The van der Waals surface area contributed by atoms with Crippen LogP contribution in [0.2, 0.25) is 0 Å². The number of rotatable bonds is 7. The molecular formula is C28H28N2O3. The van der Waals surface area contributed by atoms with E-state index >= 15 is 0 Å². The number of carbonyl (C=O) groups is 2. The van der Waals surface area contributed by atoms with E-state index in [2.05, 4.69) is 5.32 Å². The van der Waals surface area contributed by atoms with E-state index in [-0.39, 0.29) is 17.5 Å². The second-order valence-electron chi connectivity index (χ2n) is 8.41. The molecule has 168 valence electrons. The largest absolute Gasteiger partial charge is 0.494 e. The number of hydrogen-bond acceptors (Lipinski definition) is 4. The highest BCUT2D eigenvalue weighted by Gasteiger charge is 2.40. The van der Waals surface area contributed by atoms with Crippen LogP contribution in [0.15, 0.2) is 72.4 Å². The van der Waals surface area contributed by atoms with Crippen molar-refractivity contribution >= 4 is 28.8 Å². The number of nitrogens with zero attached hydrogens (tertiary/aromatic N) is 1. The molecule has 3 aromatic rings. The number of ether oxygens (including phenoxy) is 1. The van der Waals surface area contributed by atoms with E-state index in [1.807, 2.05) is 94.4 Å². The first-order valence-corrected chi connectivity index (χ1v) is 11.2. The Morgan fingerprint density at radius 2 is 1.52 bits per heavy atom. The Labute approximate surface area is 194 Å². The van der Waals surface area contributed by atoms with Crippen LogP contribution in [-0.4, -0.2) is 18.4 Å². The van der Waals surface area contributed by atoms with Gasteiger partial charge < -0.3 is 10.1 Å². The first-order valence-electron chi connectivity index (χ1n) is 11.2. The van der Waals surface area contributed by atoms with E-state index in [0.29, 0.717) is 34.9 Å². The summed E-state index contributed by atoms with van der Waals surface area (Å²) in [6.07, 6.45) is 0.901. The Morgan fingerprint density at radius 3 is 2.18 bits per heavy atom. The quantitative estimate of drug-likeness (QED) is 0.472. The molecule has 0 radical (unpaired) electrons. The molecule has 0 aliphatic carbocycles. The number of aryl methyl sites for hydroxylation is 3. The SMILES string of the molecule is CCCOc1cccc(NC2=C(c3ccc(C)cc3)C(=O)N(c3cc(C)cc(C)c3)C2=O)c1. The highest BCUT2D eigenvalue weighted by Crippen LogP contribution is 2.35. The van der Waals surface area contributed by atoms with Crippen LogP contribution in [0.1, 0.15) is 35.6 Å². The second-order valence-corrected chi connectivity index (χ2v) is 8.41. The van der Waals surface area contributed by atoms with Gasteiger partial charge in [-0.1, -0.05) is 48.9 Å². The van der Waals surface area contributed by atoms with Gasteiger partial charge in [0.2, 0.25) is 0 Å². The summed E-state index contributed by atoms with van der Waals surface area (Å²) >= 11 is 0. The summed E-state index contributed by atoms with van der Waals surface area (Å²) in [4.78, 5) is 28.5. The molecule has 0 fully saturated rings. The third-order valence-corrected chi connectivity index (χ3v) is 5.47. The van der Waals surface area contributed by atoms with E-state index in [1.165, 1.54) is 4.90 Å². The maximum atomic E-state index is 13.6. The summed E-state index contributed by atoms with van der Waals surface area (Å²) in [6.45, 7) is 8.56. The molecule has 4 rings (SSSR count). The number of nitrogens with one attached hydrogen (secondary N) is 1. The summed E-state index contributed by atoms with van der Waals surface area (Å²) in [5, 5.41) is 3.22. The predicted octanol–water partition coefficient (Wildman–Crippen LogP) is 5.80. The van der Waals surface area contributed by atoms with Crippen LogP contribution in [0.25, 0.3) is 5.57 Å². The molecule has 1 aliphatic rings. The Kier molecular flexibility index (Phi) is 6.31. The summed E-state index contributed by atoms with van der Waals surface area (Å²) < 4.78 is 5.73. The minimum absolute atomic E-state index is 0.260. The van der Waals surface area contributed by atoms with Crippen LogP contribution in [0, 0.1) is 20.8 Å². The molecule has 5 nitrogen and oxygen atoms in total. The van der Waals surface area contributed by atoms with Crippen LogP contribution >= 0.6 is 0 Å². The highest BCUT2D eigenvalue weighted by atomic mass is 16.5. The molecule has 0 atom stereocenters. The average Bonchev–Trinajstić information content (AvgIpc) is 3.02. The van der Waals surface area contributed by atoms with Crippen molar-refractivity contribution in [3.8, 4) is 5.75 Å². The van der Waals surface area contributed by atoms with Gasteiger partial charge in [-0.2, -0.15) is 0 Å². The molecule has 33 heavy (non-hydrogen) atoms. The van der Waals surface area contributed by atoms with Gasteiger partial charge in [-0.15, -0.1) is 0 Å². The fraction of sp³-hybridized carbons (Fsp3) is 0.214. The van der Waals surface area contributed by atoms with E-state index in [1.54, 1.807) is 0 Å². The fourth-order valence-electron chi connectivity index (χ4n) is 3.98. The van der Waals surface area contributed by atoms with Crippen molar-refractivity contribution < 1.29 is 14.3 Å². The first kappa shape index (κ1) is 22.3. The molecule has 0 unspecified atom stereocenters. The maximum Gasteiger partial charge on any atom is 0.282 e. The van der Waals surface area contributed by atoms with Gasteiger partial charge in [0.25, 0.3) is 11.8 Å². The van der Waals surface area contributed by atoms with Crippen LogP contribution in [0.4, 0.5) is 11.4 Å². The van der Waals surface area contributed by atoms with Crippen molar-refractivity contribution in [2.75, 3.05) is 16.8 Å². The van der Waals surface area contributed by atoms with Gasteiger partial charge in [0, 0.05) is 11.8 Å². The molecule has 1 heterocycles. The van der Waals surface area contributed by atoms with Gasteiger partial charge in [-0.3, -0.25) is 9.59 Å². The minimum atomic E-state index is -0.375. The molecule has 1 aliphatic heterocycles. The average molecular weight is 441 g/mol. The fourth-order valence-corrected chi connectivity index (χ4v) is 3.98. The standard InChI is InChI=1S/C28H28N2O3/c1-5-13-33-24-8-6-7-22(17-24)29-26-25(21-11-9-18(2)10-12-21)27(31)30(28(26)32)23-15-19(3)14-20(4)16-23/h6-12,14-17,29H,5,13H2,1-4H3. The number of imide groups is 1. The van der Waals surface area contributed by atoms with E-state index in [4.69, 9.17) is 4.74 Å². The first-order chi connectivity index (χ1) is 15.9. The Hall–Kier alpha value is -3.86. The summed E-state index contributed by atoms with van der Waals surface area (Å²) in [5.41, 5.74) is 5.64. The topological polar surface area (TPSA) is 58.6 Å². The molecule has 0 aromatic heterocycles. The monoisotopic (exact) mass is 440 g/mol. The van der Waals surface area contributed by atoms with Crippen molar-refractivity contribution in [3.05, 3.63) is 94.7 Å². The van der Waals surface area contributed by atoms with Gasteiger partial charge in [-0.05, 0) is 68.1 Å². The molecule has 2 amide bonds. The number of anilines is 2. The number of carbonyl (C=O) groups excluding carboxylic acids is 2. The van der Waals surface area contributed by atoms with Crippen molar-refractivity contribution in [2.45, 2.75) is 34.1 Å². The Balaban J connectivity index is 1.78. The van der Waals surface area contributed by atoms with Gasteiger partial charge in [0.15, 0.2) is 0 Å². The predicted molar refractivity (Wildman–Crippen MR) is 132 cm³/mol. The van der Waals surface area contributed by atoms with Gasteiger partial charge in [-0.25, -0.2) is 4.90 Å². The zero-order valence-corrected chi connectivity index (χ0v) is 19.4. The number of benzene rings is 3. The lowest BCUT2D eigenvalue weighted by molar-refractivity contribution is -0.120. The lowest BCUT2D eigenvalue weighted by atomic mass is 10.0. The molecule has 1 N–H and O–H groups in total. The zero-order valence-electron chi connectivity index (χ0n) is 19.4. The molecule has 3 aromatic carbocycles. The third-order valence-electron chi connectivity index (χ3n) is 5.47. The van der Waals surface area contributed by atoms with Crippen LogP contribution in [-0.2, 0) is 9.59 Å². The van der Waals surface area contributed by atoms with Crippen molar-refractivity contribution in [1.82, 2.24) is 0 Å². The second kappa shape index (κ2) is 9.33. The normalized spacial score (nSPS) is 13.6. The molecule has 0 spiro atoms. The minimum Gasteiger partial charge on any atom is -0.494 e. The number of amides is 2.